The van der Waals surface area contributed by atoms with Gasteiger partial charge in [-0.25, -0.2) is 9.37 Å². The van der Waals surface area contributed by atoms with E-state index in [2.05, 4.69) is 26.0 Å². The summed E-state index contributed by atoms with van der Waals surface area (Å²) in [6.07, 6.45) is -2.79. The number of carbonyl (C=O) groups excluding carboxylic acids is 3. The second kappa shape index (κ2) is 11.4. The van der Waals surface area contributed by atoms with Crippen molar-refractivity contribution in [3.8, 4) is 22.5 Å². The summed E-state index contributed by atoms with van der Waals surface area (Å²) in [6, 6.07) is 13.6. The Labute approximate surface area is 237 Å². The van der Waals surface area contributed by atoms with E-state index in [9.17, 15) is 31.9 Å². The van der Waals surface area contributed by atoms with Crippen molar-refractivity contribution < 1.29 is 31.9 Å². The Bertz CT molecular complexity index is 1670. The molecule has 0 aliphatic carbocycles. The van der Waals surface area contributed by atoms with E-state index in [1.54, 1.807) is 30.3 Å². The molecule has 42 heavy (non-hydrogen) atoms. The third-order valence-electron chi connectivity index (χ3n) is 6.65. The van der Waals surface area contributed by atoms with Crippen LogP contribution in [0.15, 0.2) is 66.9 Å². The van der Waals surface area contributed by atoms with Crippen LogP contribution in [-0.4, -0.2) is 38.5 Å². The van der Waals surface area contributed by atoms with Crippen LogP contribution < -0.4 is 16.0 Å². The molecule has 5 rings (SSSR count). The minimum atomic E-state index is -4.89. The number of aromatic nitrogens is 3. The van der Waals surface area contributed by atoms with Crippen LogP contribution in [0.25, 0.3) is 22.5 Å². The minimum Gasteiger partial charge on any atom is -0.349 e. The molecule has 0 saturated carbocycles. The average Bonchev–Trinajstić information content (AvgIpc) is 3.60. The Morgan fingerprint density at radius 2 is 1.86 bits per heavy atom. The van der Waals surface area contributed by atoms with Gasteiger partial charge >= 0.3 is 6.18 Å². The summed E-state index contributed by atoms with van der Waals surface area (Å²) >= 11 is 0. The van der Waals surface area contributed by atoms with Crippen molar-refractivity contribution in [3.05, 3.63) is 89.5 Å². The maximum absolute atomic E-state index is 15.0. The normalized spacial score (nSPS) is 14.9. The number of rotatable bonds is 7. The first-order valence-corrected chi connectivity index (χ1v) is 12.8. The number of aryl methyl sites for hydroxylation is 1. The highest BCUT2D eigenvalue weighted by molar-refractivity contribution is 6.07. The fourth-order valence-corrected chi connectivity index (χ4v) is 4.57. The molecule has 216 valence electrons. The number of hydrogen-bond acceptors (Lipinski definition) is 5. The Balaban J connectivity index is 1.45. The molecular formula is C29H24F4N6O3. The van der Waals surface area contributed by atoms with Crippen LogP contribution in [0.5, 0.6) is 0 Å². The molecule has 3 heterocycles. The average molecular weight is 581 g/mol. The van der Waals surface area contributed by atoms with Crippen LogP contribution >= 0.6 is 0 Å². The van der Waals surface area contributed by atoms with Crippen molar-refractivity contribution in [1.82, 2.24) is 25.4 Å². The Kier molecular flexibility index (Phi) is 7.74. The van der Waals surface area contributed by atoms with E-state index in [4.69, 9.17) is 0 Å². The molecule has 9 nitrogen and oxygen atoms in total. The number of alkyl halides is 3. The van der Waals surface area contributed by atoms with E-state index in [1.165, 1.54) is 36.1 Å². The highest BCUT2D eigenvalue weighted by Crippen LogP contribution is 2.38. The van der Waals surface area contributed by atoms with Crippen LogP contribution in [-0.2, 0) is 29.4 Å². The van der Waals surface area contributed by atoms with E-state index < -0.39 is 40.6 Å². The van der Waals surface area contributed by atoms with Crippen LogP contribution in [0.1, 0.15) is 34.5 Å². The lowest BCUT2D eigenvalue weighted by molar-refractivity contribution is -0.137. The van der Waals surface area contributed by atoms with Gasteiger partial charge in [0.2, 0.25) is 11.8 Å². The number of halogens is 4. The second-order valence-electron chi connectivity index (χ2n) is 9.65. The predicted octanol–water partition coefficient (Wildman–Crippen LogP) is 4.45. The van der Waals surface area contributed by atoms with Gasteiger partial charge in [0.1, 0.15) is 11.9 Å². The first-order chi connectivity index (χ1) is 20.0. The van der Waals surface area contributed by atoms with E-state index in [0.29, 0.717) is 23.4 Å². The van der Waals surface area contributed by atoms with E-state index >= 15 is 0 Å². The van der Waals surface area contributed by atoms with Gasteiger partial charge in [0.15, 0.2) is 0 Å². The number of anilines is 1. The summed E-state index contributed by atoms with van der Waals surface area (Å²) in [5, 5.41) is 11.9. The van der Waals surface area contributed by atoms with Gasteiger partial charge < -0.3 is 16.0 Å². The van der Waals surface area contributed by atoms with Crippen LogP contribution in [0, 0.1) is 5.82 Å². The van der Waals surface area contributed by atoms with E-state index in [0.717, 1.165) is 6.07 Å². The molecule has 13 heteroatoms. The molecule has 1 aliphatic rings. The summed E-state index contributed by atoms with van der Waals surface area (Å²) in [5.74, 6) is -2.90. The molecule has 1 fully saturated rings. The maximum atomic E-state index is 15.0. The van der Waals surface area contributed by atoms with Crippen molar-refractivity contribution in [2.75, 3.05) is 5.32 Å². The zero-order valence-electron chi connectivity index (χ0n) is 22.1. The third kappa shape index (κ3) is 6.14. The molecule has 1 saturated heterocycles. The lowest BCUT2D eigenvalue weighted by Gasteiger charge is -2.16. The molecule has 3 amide bonds. The molecule has 4 aromatic rings. The fraction of sp³-hybridized carbons (Fsp3) is 0.207. The molecule has 0 spiro atoms. The lowest BCUT2D eigenvalue weighted by Crippen LogP contribution is -2.41. The van der Waals surface area contributed by atoms with Crippen molar-refractivity contribution in [1.29, 1.82) is 0 Å². The number of pyridine rings is 1. The van der Waals surface area contributed by atoms with Crippen molar-refractivity contribution in [2.45, 2.75) is 31.6 Å². The highest BCUT2D eigenvalue weighted by atomic mass is 19.4. The summed E-state index contributed by atoms with van der Waals surface area (Å²) in [6.45, 7) is 0.0280. The zero-order chi connectivity index (χ0) is 30.0. The zero-order valence-corrected chi connectivity index (χ0v) is 22.1. The molecule has 0 unspecified atom stereocenters. The first-order valence-electron chi connectivity index (χ1n) is 12.8. The van der Waals surface area contributed by atoms with E-state index in [1.807, 2.05) is 0 Å². The minimum absolute atomic E-state index is 0.0280. The molecular weight excluding hydrogens is 556 g/mol. The predicted molar refractivity (Wildman–Crippen MR) is 144 cm³/mol. The summed E-state index contributed by atoms with van der Waals surface area (Å²) in [7, 11) is 1.52. The van der Waals surface area contributed by atoms with Gasteiger partial charge in [-0.2, -0.15) is 18.3 Å². The van der Waals surface area contributed by atoms with Gasteiger partial charge in [-0.1, -0.05) is 30.3 Å². The second-order valence-corrected chi connectivity index (χ2v) is 9.65. The van der Waals surface area contributed by atoms with Crippen LogP contribution in [0.4, 0.5) is 23.2 Å². The third-order valence-corrected chi connectivity index (χ3v) is 6.65. The SMILES string of the molecule is Cn1ccc(-c2cc(C(=O)Nc3ccc(CNC(=O)[C@@H]4CCC(=O)N4)nc3-c3ccccc3)c(F)cc2C(F)(F)F)n1. The van der Waals surface area contributed by atoms with Gasteiger partial charge in [-0.3, -0.25) is 19.1 Å². The summed E-state index contributed by atoms with van der Waals surface area (Å²) < 4.78 is 57.5. The van der Waals surface area contributed by atoms with Gasteiger partial charge in [-0.05, 0) is 36.8 Å². The Morgan fingerprint density at radius 1 is 1.10 bits per heavy atom. The molecule has 0 bridgehead atoms. The molecule has 1 aliphatic heterocycles. The smallest absolute Gasteiger partial charge is 0.349 e. The van der Waals surface area contributed by atoms with Crippen LogP contribution in [0.2, 0.25) is 0 Å². The standard InChI is InChI=1S/C29H24F4N6O3/c1-39-12-11-22(38-39)18-13-19(21(30)14-20(18)29(31,32)33)27(41)37-23-8-7-17(35-26(23)16-5-3-2-4-6-16)15-34-28(42)24-9-10-25(40)36-24/h2-8,11-14,24H,9-10,15H2,1H3,(H,34,42)(H,36,40)(H,37,41)/t24-/m0/s1. The topological polar surface area (TPSA) is 118 Å². The first kappa shape index (κ1) is 28.5. The number of hydrogen-bond donors (Lipinski definition) is 3. The Morgan fingerprint density at radius 3 is 2.50 bits per heavy atom. The lowest BCUT2D eigenvalue weighted by atomic mass is 9.99. The van der Waals surface area contributed by atoms with Crippen molar-refractivity contribution in [3.63, 3.8) is 0 Å². The monoisotopic (exact) mass is 580 g/mol. The highest BCUT2D eigenvalue weighted by Gasteiger charge is 2.36. The van der Waals surface area contributed by atoms with Gasteiger partial charge in [-0.15, -0.1) is 0 Å². The molecule has 2 aromatic carbocycles. The summed E-state index contributed by atoms with van der Waals surface area (Å²) in [4.78, 5) is 41.7. The molecule has 3 N–H and O–H groups in total. The summed E-state index contributed by atoms with van der Waals surface area (Å²) in [5.41, 5.74) is -0.906. The van der Waals surface area contributed by atoms with Gasteiger partial charge in [0.25, 0.3) is 5.91 Å². The quantitative estimate of drug-likeness (QED) is 0.279. The number of nitrogens with one attached hydrogen (secondary N) is 3. The van der Waals surface area contributed by atoms with Crippen molar-refractivity contribution in [2.24, 2.45) is 7.05 Å². The van der Waals surface area contributed by atoms with Gasteiger partial charge in [0.05, 0.1) is 40.4 Å². The molecule has 1 atom stereocenters. The molecule has 0 radical (unpaired) electrons. The number of carbonyl (C=O) groups is 3. The van der Waals surface area contributed by atoms with Crippen molar-refractivity contribution >= 4 is 23.4 Å². The largest absolute Gasteiger partial charge is 0.417 e. The number of nitrogens with zero attached hydrogens (tertiary/aromatic N) is 3. The number of amides is 3. The van der Waals surface area contributed by atoms with Crippen LogP contribution in [0.3, 0.4) is 0 Å². The number of benzene rings is 2. The Hall–Kier alpha value is -5.07. The molecule has 2 aromatic heterocycles. The maximum Gasteiger partial charge on any atom is 0.417 e. The van der Waals surface area contributed by atoms with Gasteiger partial charge in [0, 0.05) is 30.8 Å². The fourth-order valence-electron chi connectivity index (χ4n) is 4.57. The van der Waals surface area contributed by atoms with E-state index in [-0.39, 0.29) is 42.2 Å².